The maximum atomic E-state index is 5.66. The van der Waals surface area contributed by atoms with E-state index in [1.807, 2.05) is 6.92 Å². The first-order valence-electron chi connectivity index (χ1n) is 5.10. The fraction of sp³-hybridized carbons (Fsp3) is 0.700. The summed E-state index contributed by atoms with van der Waals surface area (Å²) in [6.45, 7) is 2.68. The first kappa shape index (κ1) is 9.68. The summed E-state index contributed by atoms with van der Waals surface area (Å²) < 4.78 is 11.1. The maximum absolute atomic E-state index is 5.66. The van der Waals surface area contributed by atoms with Gasteiger partial charge in [0.25, 0.3) is 0 Å². The molecule has 0 radical (unpaired) electrons. The number of hydrogen-bond donors (Lipinski definition) is 1. The lowest BCUT2D eigenvalue weighted by molar-refractivity contribution is 0.00112. The van der Waals surface area contributed by atoms with Crippen LogP contribution in [0, 0.1) is 0 Å². The van der Waals surface area contributed by atoms with Crippen LogP contribution < -0.4 is 5.73 Å². The van der Waals surface area contributed by atoms with Crippen LogP contribution in [-0.4, -0.2) is 11.6 Å². The predicted octanol–water partition coefficient (Wildman–Crippen LogP) is 1.94. The molecule has 4 nitrogen and oxygen atoms in total. The molecule has 78 valence electrons. The van der Waals surface area contributed by atoms with Crippen molar-refractivity contribution in [2.75, 3.05) is 6.61 Å². The van der Waals surface area contributed by atoms with Crippen LogP contribution in [0.5, 0.6) is 0 Å². The first-order valence-corrected chi connectivity index (χ1v) is 5.10. The van der Waals surface area contributed by atoms with Gasteiger partial charge < -0.3 is 14.9 Å². The van der Waals surface area contributed by atoms with Crippen molar-refractivity contribution in [3.8, 4) is 0 Å². The van der Waals surface area contributed by atoms with E-state index in [4.69, 9.17) is 14.9 Å². The van der Waals surface area contributed by atoms with E-state index in [2.05, 4.69) is 4.98 Å². The molecular formula is C10H16N2O2. The van der Waals surface area contributed by atoms with Crippen LogP contribution in [0.3, 0.4) is 0 Å². The van der Waals surface area contributed by atoms with Crippen molar-refractivity contribution >= 4 is 0 Å². The summed E-state index contributed by atoms with van der Waals surface area (Å²) in [5, 5.41) is 0. The van der Waals surface area contributed by atoms with E-state index in [9.17, 15) is 0 Å². The van der Waals surface area contributed by atoms with Crippen molar-refractivity contribution in [1.29, 1.82) is 0 Å². The molecule has 1 fully saturated rings. The Balaban J connectivity index is 2.07. The number of ether oxygens (including phenoxy) is 1. The third kappa shape index (κ3) is 1.96. The molecule has 0 bridgehead atoms. The second kappa shape index (κ2) is 4.11. The van der Waals surface area contributed by atoms with Crippen LogP contribution in [0.15, 0.2) is 10.6 Å². The van der Waals surface area contributed by atoms with Gasteiger partial charge in [0.05, 0.1) is 12.2 Å². The molecule has 4 heteroatoms. The largest absolute Gasteiger partial charge is 0.441 e. The quantitative estimate of drug-likeness (QED) is 0.785. The normalized spacial score (nSPS) is 24.9. The molecule has 1 aliphatic heterocycles. The monoisotopic (exact) mass is 196 g/mol. The number of nitrogens with zero attached hydrogens (tertiary/aromatic N) is 1. The Hall–Kier alpha value is -0.870. The summed E-state index contributed by atoms with van der Waals surface area (Å²) in [7, 11) is 0. The van der Waals surface area contributed by atoms with Gasteiger partial charge in [-0.3, -0.25) is 0 Å². The lowest BCUT2D eigenvalue weighted by atomic mass is 10.1. The number of rotatable bonds is 2. The molecule has 0 amide bonds. The SMILES string of the molecule is CC(N)c1ncc(C2CCCCO2)o1. The standard InChI is InChI=1S/C10H16N2O2/c1-7(11)10-12-6-9(14-10)8-4-2-3-5-13-8/h6-8H,2-5,11H2,1H3. The van der Waals surface area contributed by atoms with Crippen LogP contribution in [0.1, 0.15) is 50.0 Å². The van der Waals surface area contributed by atoms with Gasteiger partial charge in [-0.1, -0.05) is 0 Å². The smallest absolute Gasteiger partial charge is 0.211 e. The second-order valence-corrected chi connectivity index (χ2v) is 3.74. The van der Waals surface area contributed by atoms with Gasteiger partial charge in [-0.25, -0.2) is 4.98 Å². The van der Waals surface area contributed by atoms with Gasteiger partial charge in [-0.15, -0.1) is 0 Å². The second-order valence-electron chi connectivity index (χ2n) is 3.74. The molecule has 1 aromatic heterocycles. The van der Waals surface area contributed by atoms with Crippen LogP contribution in [-0.2, 0) is 4.74 Å². The summed E-state index contributed by atoms with van der Waals surface area (Å²) in [5.74, 6) is 1.41. The van der Waals surface area contributed by atoms with E-state index in [1.165, 1.54) is 6.42 Å². The molecule has 1 aromatic rings. The average Bonchev–Trinajstić information content (AvgIpc) is 2.68. The van der Waals surface area contributed by atoms with Crippen LogP contribution in [0.4, 0.5) is 0 Å². The minimum atomic E-state index is -0.146. The highest BCUT2D eigenvalue weighted by Crippen LogP contribution is 2.28. The molecule has 0 aromatic carbocycles. The molecule has 2 N–H and O–H groups in total. The minimum Gasteiger partial charge on any atom is -0.441 e. The predicted molar refractivity (Wildman–Crippen MR) is 51.6 cm³/mol. The van der Waals surface area contributed by atoms with Crippen molar-refractivity contribution in [2.24, 2.45) is 5.73 Å². The Kier molecular flexibility index (Phi) is 2.84. The maximum Gasteiger partial charge on any atom is 0.211 e. The molecule has 2 atom stereocenters. The van der Waals surface area contributed by atoms with Gasteiger partial charge in [0, 0.05) is 6.61 Å². The molecule has 0 spiro atoms. The van der Waals surface area contributed by atoms with Crippen molar-refractivity contribution < 1.29 is 9.15 Å². The zero-order chi connectivity index (χ0) is 9.97. The van der Waals surface area contributed by atoms with E-state index in [-0.39, 0.29) is 12.1 Å². The average molecular weight is 196 g/mol. The highest BCUT2D eigenvalue weighted by molar-refractivity contribution is 5.01. The van der Waals surface area contributed by atoms with Crippen LogP contribution >= 0.6 is 0 Å². The van der Waals surface area contributed by atoms with Gasteiger partial charge in [-0.05, 0) is 26.2 Å². The molecule has 1 saturated heterocycles. The van der Waals surface area contributed by atoms with Crippen molar-refractivity contribution in [3.05, 3.63) is 17.8 Å². The first-order chi connectivity index (χ1) is 6.77. The zero-order valence-corrected chi connectivity index (χ0v) is 8.40. The Morgan fingerprint density at radius 2 is 2.43 bits per heavy atom. The molecule has 2 rings (SSSR count). The summed E-state index contributed by atoms with van der Waals surface area (Å²) in [6, 6.07) is -0.146. The molecular weight excluding hydrogens is 180 g/mol. The van der Waals surface area contributed by atoms with Gasteiger partial charge in [0.2, 0.25) is 5.89 Å². The highest BCUT2D eigenvalue weighted by atomic mass is 16.5. The van der Waals surface area contributed by atoms with Crippen LogP contribution in [0.2, 0.25) is 0 Å². The van der Waals surface area contributed by atoms with Crippen molar-refractivity contribution in [2.45, 2.75) is 38.3 Å². The number of oxazole rings is 1. The zero-order valence-electron chi connectivity index (χ0n) is 8.40. The summed E-state index contributed by atoms with van der Waals surface area (Å²) in [4.78, 5) is 4.12. The molecule has 14 heavy (non-hydrogen) atoms. The van der Waals surface area contributed by atoms with Gasteiger partial charge in [0.15, 0.2) is 5.76 Å². The number of hydrogen-bond acceptors (Lipinski definition) is 4. The van der Waals surface area contributed by atoms with Gasteiger partial charge in [-0.2, -0.15) is 0 Å². The van der Waals surface area contributed by atoms with E-state index in [1.54, 1.807) is 6.20 Å². The minimum absolute atomic E-state index is 0.0868. The number of nitrogens with two attached hydrogens (primary N) is 1. The Labute approximate surface area is 83.4 Å². The lowest BCUT2D eigenvalue weighted by Crippen LogP contribution is -2.10. The third-order valence-electron chi connectivity index (χ3n) is 2.43. The Morgan fingerprint density at radius 1 is 1.57 bits per heavy atom. The molecule has 0 saturated carbocycles. The Morgan fingerprint density at radius 3 is 3.00 bits per heavy atom. The summed E-state index contributed by atoms with van der Waals surface area (Å²) in [6.07, 6.45) is 5.18. The summed E-state index contributed by atoms with van der Waals surface area (Å²) in [5.41, 5.74) is 5.66. The Bertz CT molecular complexity index is 290. The molecule has 2 heterocycles. The van der Waals surface area contributed by atoms with Gasteiger partial charge in [0.1, 0.15) is 6.10 Å². The fourth-order valence-corrected chi connectivity index (χ4v) is 1.63. The lowest BCUT2D eigenvalue weighted by Gasteiger charge is -2.19. The third-order valence-corrected chi connectivity index (χ3v) is 2.43. The van der Waals surface area contributed by atoms with E-state index in [0.717, 1.165) is 25.2 Å². The topological polar surface area (TPSA) is 61.3 Å². The van der Waals surface area contributed by atoms with E-state index < -0.39 is 0 Å². The van der Waals surface area contributed by atoms with Gasteiger partial charge >= 0.3 is 0 Å². The molecule has 0 aliphatic carbocycles. The van der Waals surface area contributed by atoms with Crippen LogP contribution in [0.25, 0.3) is 0 Å². The number of aromatic nitrogens is 1. The molecule has 2 unspecified atom stereocenters. The molecule has 1 aliphatic rings. The van der Waals surface area contributed by atoms with Crippen molar-refractivity contribution in [3.63, 3.8) is 0 Å². The van der Waals surface area contributed by atoms with E-state index in [0.29, 0.717) is 5.89 Å². The van der Waals surface area contributed by atoms with Crippen molar-refractivity contribution in [1.82, 2.24) is 4.98 Å². The van der Waals surface area contributed by atoms with E-state index >= 15 is 0 Å². The summed E-state index contributed by atoms with van der Waals surface area (Å²) >= 11 is 0. The highest BCUT2D eigenvalue weighted by Gasteiger charge is 2.20. The fourth-order valence-electron chi connectivity index (χ4n) is 1.63.